The van der Waals surface area contributed by atoms with Crippen molar-refractivity contribution in [3.63, 3.8) is 0 Å². The molecule has 1 amide bonds. The van der Waals surface area contributed by atoms with Crippen molar-refractivity contribution in [1.82, 2.24) is 9.78 Å². The van der Waals surface area contributed by atoms with Crippen LogP contribution in [0.4, 0.5) is 0 Å². The van der Waals surface area contributed by atoms with Crippen molar-refractivity contribution in [2.45, 2.75) is 26.8 Å². The Hall–Kier alpha value is -2.50. The van der Waals surface area contributed by atoms with Crippen molar-refractivity contribution in [1.29, 1.82) is 0 Å². The van der Waals surface area contributed by atoms with Crippen molar-refractivity contribution in [2.75, 3.05) is 0 Å². The van der Waals surface area contributed by atoms with Crippen molar-refractivity contribution in [2.24, 2.45) is 10.7 Å². The largest absolute Gasteiger partial charge is 0.384 e. The number of rotatable bonds is 4. The van der Waals surface area contributed by atoms with E-state index in [0.717, 1.165) is 5.57 Å². The third-order valence-corrected chi connectivity index (χ3v) is 2.30. The molecule has 1 aromatic heterocycles. The standard InChI is InChI=1S/C14H18N4O2/c1-9(2)5-7-12(15)16-14(20)11-6-8-13(19)18(17-11)10(3)4/h5-8,10H,1H2,2-4H3,(H2,15,16,20)/b7-5-. The molecular formula is C14H18N4O2. The van der Waals surface area contributed by atoms with Gasteiger partial charge < -0.3 is 5.73 Å². The van der Waals surface area contributed by atoms with Crippen molar-refractivity contribution < 1.29 is 4.79 Å². The minimum Gasteiger partial charge on any atom is -0.384 e. The van der Waals surface area contributed by atoms with E-state index >= 15 is 0 Å². The molecule has 0 fully saturated rings. The third kappa shape index (κ3) is 4.31. The molecule has 0 aliphatic carbocycles. The molecule has 0 radical (unpaired) electrons. The minimum atomic E-state index is -0.594. The van der Waals surface area contributed by atoms with Gasteiger partial charge in [-0.2, -0.15) is 10.1 Å². The maximum absolute atomic E-state index is 11.9. The highest BCUT2D eigenvalue weighted by atomic mass is 16.2. The van der Waals surface area contributed by atoms with E-state index in [1.54, 1.807) is 26.8 Å². The van der Waals surface area contributed by atoms with Gasteiger partial charge in [0.25, 0.3) is 11.5 Å². The molecule has 2 N–H and O–H groups in total. The zero-order valence-corrected chi connectivity index (χ0v) is 11.8. The van der Waals surface area contributed by atoms with Crippen molar-refractivity contribution in [3.05, 3.63) is 52.5 Å². The molecule has 0 atom stereocenters. The Kier molecular flexibility index (Phi) is 5.14. The van der Waals surface area contributed by atoms with E-state index in [2.05, 4.69) is 16.7 Å². The Balaban J connectivity index is 3.04. The molecule has 0 unspecified atom stereocenters. The van der Waals surface area contributed by atoms with Gasteiger partial charge in [-0.1, -0.05) is 18.2 Å². The van der Waals surface area contributed by atoms with Crippen LogP contribution < -0.4 is 11.3 Å². The lowest BCUT2D eigenvalue weighted by molar-refractivity contribution is 0.0995. The fourth-order valence-corrected chi connectivity index (χ4v) is 1.35. The van der Waals surface area contributed by atoms with Crippen LogP contribution in [-0.2, 0) is 0 Å². The number of nitrogens with two attached hydrogens (primary N) is 1. The molecule has 1 aromatic rings. The van der Waals surface area contributed by atoms with Gasteiger partial charge in [0.15, 0.2) is 5.69 Å². The third-order valence-electron chi connectivity index (χ3n) is 2.30. The van der Waals surface area contributed by atoms with Crippen LogP contribution >= 0.6 is 0 Å². The summed E-state index contributed by atoms with van der Waals surface area (Å²) in [5, 5.41) is 3.97. The van der Waals surface area contributed by atoms with E-state index in [4.69, 9.17) is 5.73 Å². The Bertz CT molecular complexity index is 639. The molecule has 0 bridgehead atoms. The number of aliphatic imine (C=N–C) groups is 1. The van der Waals surface area contributed by atoms with E-state index < -0.39 is 5.91 Å². The summed E-state index contributed by atoms with van der Waals surface area (Å²) < 4.78 is 1.22. The van der Waals surface area contributed by atoms with Crippen LogP contribution in [-0.4, -0.2) is 21.5 Å². The maximum atomic E-state index is 11.9. The quantitative estimate of drug-likeness (QED) is 0.511. The van der Waals surface area contributed by atoms with Crippen LogP contribution in [0.1, 0.15) is 37.3 Å². The Morgan fingerprint density at radius 3 is 2.65 bits per heavy atom. The second-order valence-corrected chi connectivity index (χ2v) is 4.62. The lowest BCUT2D eigenvalue weighted by Gasteiger charge is -2.08. The molecule has 6 heteroatoms. The predicted molar refractivity (Wildman–Crippen MR) is 78.8 cm³/mol. The van der Waals surface area contributed by atoms with Gasteiger partial charge in [-0.3, -0.25) is 9.59 Å². The summed E-state index contributed by atoms with van der Waals surface area (Å²) in [5.74, 6) is -0.537. The van der Waals surface area contributed by atoms with Crippen LogP contribution in [0.5, 0.6) is 0 Å². The fourth-order valence-electron chi connectivity index (χ4n) is 1.35. The Morgan fingerprint density at radius 1 is 1.45 bits per heavy atom. The number of amides is 1. The molecule has 0 aliphatic heterocycles. The second kappa shape index (κ2) is 6.60. The van der Waals surface area contributed by atoms with E-state index in [9.17, 15) is 9.59 Å². The van der Waals surface area contributed by atoms with Crippen LogP contribution in [0.15, 0.2) is 46.2 Å². The number of nitrogens with zero attached hydrogens (tertiary/aromatic N) is 3. The van der Waals surface area contributed by atoms with Gasteiger partial charge in [0.1, 0.15) is 5.84 Å². The van der Waals surface area contributed by atoms with Crippen molar-refractivity contribution >= 4 is 11.7 Å². The van der Waals surface area contributed by atoms with Gasteiger partial charge in [-0.15, -0.1) is 0 Å². The number of hydrogen-bond donors (Lipinski definition) is 1. The Morgan fingerprint density at radius 2 is 2.10 bits per heavy atom. The van der Waals surface area contributed by atoms with Gasteiger partial charge in [-0.25, -0.2) is 4.68 Å². The van der Waals surface area contributed by atoms with E-state index in [1.165, 1.54) is 22.9 Å². The lowest BCUT2D eigenvalue weighted by Crippen LogP contribution is -2.26. The summed E-state index contributed by atoms with van der Waals surface area (Å²) in [6.07, 6.45) is 3.13. The summed E-state index contributed by atoms with van der Waals surface area (Å²) in [6, 6.07) is 2.48. The highest BCUT2D eigenvalue weighted by molar-refractivity contribution is 6.05. The molecule has 20 heavy (non-hydrogen) atoms. The summed E-state index contributed by atoms with van der Waals surface area (Å²) in [4.78, 5) is 27.1. The average Bonchev–Trinajstić information content (AvgIpc) is 2.36. The second-order valence-electron chi connectivity index (χ2n) is 4.62. The molecule has 0 aliphatic rings. The van der Waals surface area contributed by atoms with Gasteiger partial charge >= 0.3 is 0 Å². The van der Waals surface area contributed by atoms with Crippen LogP contribution in [0.25, 0.3) is 0 Å². The molecule has 6 nitrogen and oxygen atoms in total. The van der Waals surface area contributed by atoms with Gasteiger partial charge in [0.05, 0.1) is 6.04 Å². The molecule has 1 rings (SSSR count). The smallest absolute Gasteiger partial charge is 0.299 e. The summed E-state index contributed by atoms with van der Waals surface area (Å²) in [5.41, 5.74) is 6.19. The van der Waals surface area contributed by atoms with Crippen LogP contribution in [0, 0.1) is 0 Å². The molecule has 1 heterocycles. The molecule has 106 valence electrons. The molecule has 0 aromatic carbocycles. The monoisotopic (exact) mass is 274 g/mol. The predicted octanol–water partition coefficient (Wildman–Crippen LogP) is 1.45. The highest BCUT2D eigenvalue weighted by Crippen LogP contribution is 2.00. The minimum absolute atomic E-state index is 0.0575. The van der Waals surface area contributed by atoms with Gasteiger partial charge in [0, 0.05) is 6.07 Å². The highest BCUT2D eigenvalue weighted by Gasteiger charge is 2.10. The van der Waals surface area contributed by atoms with E-state index in [-0.39, 0.29) is 23.1 Å². The number of carbonyl (C=O) groups is 1. The van der Waals surface area contributed by atoms with Crippen molar-refractivity contribution in [3.8, 4) is 0 Å². The Labute approximate surface area is 117 Å². The first kappa shape index (κ1) is 15.6. The number of amidine groups is 1. The molecule has 0 saturated carbocycles. The van der Waals surface area contributed by atoms with Crippen LogP contribution in [0.3, 0.4) is 0 Å². The normalized spacial score (nSPS) is 12.1. The van der Waals surface area contributed by atoms with E-state index in [1.807, 2.05) is 0 Å². The number of hydrogen-bond acceptors (Lipinski definition) is 3. The number of aromatic nitrogens is 2. The average molecular weight is 274 g/mol. The number of allylic oxidation sites excluding steroid dienone is 2. The zero-order chi connectivity index (χ0) is 15.3. The lowest BCUT2D eigenvalue weighted by atomic mass is 10.3. The summed E-state index contributed by atoms with van der Waals surface area (Å²) in [6.45, 7) is 9.07. The molecular weight excluding hydrogens is 256 g/mol. The van der Waals surface area contributed by atoms with E-state index in [0.29, 0.717) is 0 Å². The number of carbonyl (C=O) groups excluding carboxylic acids is 1. The van der Waals surface area contributed by atoms with Gasteiger partial charge in [-0.05, 0) is 32.9 Å². The van der Waals surface area contributed by atoms with Crippen LogP contribution in [0.2, 0.25) is 0 Å². The molecule has 0 saturated heterocycles. The topological polar surface area (TPSA) is 90.3 Å². The van der Waals surface area contributed by atoms with Gasteiger partial charge in [0.2, 0.25) is 0 Å². The SMILES string of the molecule is C=C(C)/C=C\C(N)=NC(=O)c1ccc(=O)n(C(C)C)n1. The first-order valence-corrected chi connectivity index (χ1v) is 6.13. The maximum Gasteiger partial charge on any atom is 0.299 e. The first-order chi connectivity index (χ1) is 9.31. The zero-order valence-electron chi connectivity index (χ0n) is 11.8. The summed E-state index contributed by atoms with van der Waals surface area (Å²) >= 11 is 0. The summed E-state index contributed by atoms with van der Waals surface area (Å²) in [7, 11) is 0. The molecule has 0 spiro atoms. The first-order valence-electron chi connectivity index (χ1n) is 6.13. The fraction of sp³-hybridized carbons (Fsp3) is 0.286.